The highest BCUT2D eigenvalue weighted by molar-refractivity contribution is 5.99. The summed E-state index contributed by atoms with van der Waals surface area (Å²) >= 11 is 0. The van der Waals surface area contributed by atoms with Gasteiger partial charge in [0.15, 0.2) is 11.9 Å². The summed E-state index contributed by atoms with van der Waals surface area (Å²) in [6.45, 7) is 5.44. The minimum atomic E-state index is -1.55. The van der Waals surface area contributed by atoms with Crippen LogP contribution in [0.1, 0.15) is 42.8 Å². The minimum Gasteiger partial charge on any atom is -0.479 e. The van der Waals surface area contributed by atoms with E-state index in [-0.39, 0.29) is 11.3 Å². The molecule has 17 heavy (non-hydrogen) atoms. The summed E-state index contributed by atoms with van der Waals surface area (Å²) in [4.78, 5) is 22.5. The maximum absolute atomic E-state index is 11.9. The number of carboxylic acids is 1. The van der Waals surface area contributed by atoms with E-state index in [1.165, 1.54) is 24.3 Å². The van der Waals surface area contributed by atoms with E-state index in [0.29, 0.717) is 5.56 Å². The van der Waals surface area contributed by atoms with Crippen LogP contribution in [-0.2, 0) is 4.79 Å². The normalized spacial score (nSPS) is 13.2. The Morgan fingerprint density at radius 1 is 1.12 bits per heavy atom. The van der Waals surface area contributed by atoms with Crippen LogP contribution in [0.25, 0.3) is 0 Å². The second kappa shape index (κ2) is 4.67. The molecular weight excluding hydrogens is 220 g/mol. The van der Waals surface area contributed by atoms with Gasteiger partial charge in [-0.25, -0.2) is 4.79 Å². The molecule has 0 spiro atoms. The molecule has 0 aliphatic carbocycles. The molecule has 0 aliphatic heterocycles. The third-order valence-electron chi connectivity index (χ3n) is 2.40. The summed E-state index contributed by atoms with van der Waals surface area (Å²) in [5, 5.41) is 17.9. The lowest BCUT2D eigenvalue weighted by Crippen LogP contribution is -2.20. The molecule has 2 N–H and O–H groups in total. The summed E-state index contributed by atoms with van der Waals surface area (Å²) < 4.78 is 0. The number of aliphatic hydroxyl groups is 1. The molecule has 1 rings (SSSR count). The molecule has 92 valence electrons. The molecule has 0 saturated carbocycles. The molecule has 1 atom stereocenters. The van der Waals surface area contributed by atoms with Crippen molar-refractivity contribution in [1.82, 2.24) is 0 Å². The Balaban J connectivity index is 2.97. The Kier molecular flexibility index (Phi) is 3.68. The number of carbonyl (C=O) groups is 2. The van der Waals surface area contributed by atoms with Crippen molar-refractivity contribution in [1.29, 1.82) is 0 Å². The van der Waals surface area contributed by atoms with Crippen molar-refractivity contribution >= 4 is 11.8 Å². The van der Waals surface area contributed by atoms with Crippen molar-refractivity contribution in [2.45, 2.75) is 26.9 Å². The number of rotatable bonds is 3. The molecule has 0 aromatic heterocycles. The van der Waals surface area contributed by atoms with Gasteiger partial charge in [0.2, 0.25) is 0 Å². The van der Waals surface area contributed by atoms with Gasteiger partial charge in [-0.3, -0.25) is 4.79 Å². The molecule has 0 bridgehead atoms. The summed E-state index contributed by atoms with van der Waals surface area (Å²) in [5.41, 5.74) is 0.300. The van der Waals surface area contributed by atoms with Gasteiger partial charge in [-0.2, -0.15) is 0 Å². The average Bonchev–Trinajstić information content (AvgIpc) is 2.26. The third-order valence-corrected chi connectivity index (χ3v) is 2.40. The van der Waals surface area contributed by atoms with Crippen LogP contribution in [0, 0.1) is 5.41 Å². The Morgan fingerprint density at radius 3 is 1.94 bits per heavy atom. The number of carbonyl (C=O) groups excluding carboxylic acids is 1. The first-order valence-electron chi connectivity index (χ1n) is 5.29. The molecule has 4 heteroatoms. The highest BCUT2D eigenvalue weighted by atomic mass is 16.4. The van der Waals surface area contributed by atoms with E-state index in [2.05, 4.69) is 0 Å². The predicted octanol–water partition coefficient (Wildman–Crippen LogP) is 2.03. The number of carboxylic acid groups (broad SMARTS) is 1. The Hall–Kier alpha value is -1.68. The van der Waals surface area contributed by atoms with Crippen LogP contribution in [0.15, 0.2) is 24.3 Å². The van der Waals surface area contributed by atoms with Crippen LogP contribution in [0.2, 0.25) is 0 Å². The molecule has 4 nitrogen and oxygen atoms in total. The van der Waals surface area contributed by atoms with E-state index >= 15 is 0 Å². The number of benzene rings is 1. The van der Waals surface area contributed by atoms with Gasteiger partial charge in [-0.05, 0) is 5.56 Å². The monoisotopic (exact) mass is 236 g/mol. The molecule has 1 aromatic rings. The highest BCUT2D eigenvalue weighted by Crippen LogP contribution is 2.22. The summed E-state index contributed by atoms with van der Waals surface area (Å²) in [6.07, 6.45) is -1.55. The van der Waals surface area contributed by atoms with Crippen LogP contribution < -0.4 is 0 Å². The van der Waals surface area contributed by atoms with Crippen LogP contribution in [0.4, 0.5) is 0 Å². The van der Waals surface area contributed by atoms with Gasteiger partial charge in [0.25, 0.3) is 0 Å². The van der Waals surface area contributed by atoms with Crippen molar-refractivity contribution in [2.24, 2.45) is 5.41 Å². The van der Waals surface area contributed by atoms with Crippen molar-refractivity contribution < 1.29 is 19.8 Å². The van der Waals surface area contributed by atoms with Crippen LogP contribution in [-0.4, -0.2) is 22.0 Å². The lowest BCUT2D eigenvalue weighted by atomic mass is 9.86. The molecule has 1 aromatic carbocycles. The van der Waals surface area contributed by atoms with Gasteiger partial charge in [0, 0.05) is 11.0 Å². The first-order chi connectivity index (χ1) is 7.73. The summed E-state index contributed by atoms with van der Waals surface area (Å²) in [7, 11) is 0. The van der Waals surface area contributed by atoms with Crippen LogP contribution >= 0.6 is 0 Å². The van der Waals surface area contributed by atoms with Gasteiger partial charge in [0.1, 0.15) is 0 Å². The van der Waals surface area contributed by atoms with Gasteiger partial charge >= 0.3 is 5.97 Å². The second-order valence-corrected chi connectivity index (χ2v) is 4.94. The molecule has 0 amide bonds. The fourth-order valence-corrected chi connectivity index (χ4v) is 1.39. The summed E-state index contributed by atoms with van der Waals surface area (Å²) in [5.74, 6) is -1.33. The average molecular weight is 236 g/mol. The van der Waals surface area contributed by atoms with Crippen molar-refractivity contribution in [2.75, 3.05) is 0 Å². The van der Waals surface area contributed by atoms with E-state index in [0.717, 1.165) is 0 Å². The van der Waals surface area contributed by atoms with Gasteiger partial charge < -0.3 is 10.2 Å². The van der Waals surface area contributed by atoms with Gasteiger partial charge in [-0.1, -0.05) is 45.0 Å². The van der Waals surface area contributed by atoms with E-state index in [1.54, 1.807) is 0 Å². The topological polar surface area (TPSA) is 74.6 Å². The third kappa shape index (κ3) is 3.14. The zero-order valence-electron chi connectivity index (χ0n) is 10.1. The first kappa shape index (κ1) is 13.4. The Morgan fingerprint density at radius 2 is 1.59 bits per heavy atom. The molecule has 0 fully saturated rings. The zero-order chi connectivity index (χ0) is 13.2. The Bertz CT molecular complexity index is 426. The highest BCUT2D eigenvalue weighted by Gasteiger charge is 2.23. The molecular formula is C13H16O4. The van der Waals surface area contributed by atoms with Gasteiger partial charge in [-0.15, -0.1) is 0 Å². The number of aliphatic carboxylic acids is 1. The van der Waals surface area contributed by atoms with Crippen molar-refractivity contribution in [3.63, 3.8) is 0 Å². The predicted molar refractivity (Wildman–Crippen MR) is 62.8 cm³/mol. The SMILES string of the molecule is CC(C)(C)C(=O)c1ccc(C(O)C(=O)O)cc1. The molecule has 0 radical (unpaired) electrons. The quantitative estimate of drug-likeness (QED) is 0.787. The smallest absolute Gasteiger partial charge is 0.337 e. The minimum absolute atomic E-state index is 0.0196. The molecule has 1 unspecified atom stereocenters. The van der Waals surface area contributed by atoms with E-state index in [9.17, 15) is 14.7 Å². The number of Topliss-reactive ketones (excluding diaryl/α,β-unsaturated/α-hetero) is 1. The molecule has 0 heterocycles. The lowest BCUT2D eigenvalue weighted by molar-refractivity contribution is -0.146. The summed E-state index contributed by atoms with van der Waals surface area (Å²) in [6, 6.07) is 5.99. The van der Waals surface area contributed by atoms with Crippen molar-refractivity contribution in [3.8, 4) is 0 Å². The number of hydrogen-bond donors (Lipinski definition) is 2. The fourth-order valence-electron chi connectivity index (χ4n) is 1.39. The zero-order valence-corrected chi connectivity index (χ0v) is 10.1. The van der Waals surface area contributed by atoms with E-state index in [4.69, 9.17) is 5.11 Å². The molecule has 0 aliphatic rings. The second-order valence-electron chi connectivity index (χ2n) is 4.94. The number of ketones is 1. The lowest BCUT2D eigenvalue weighted by Gasteiger charge is -2.16. The van der Waals surface area contributed by atoms with E-state index < -0.39 is 17.5 Å². The first-order valence-corrected chi connectivity index (χ1v) is 5.29. The maximum Gasteiger partial charge on any atom is 0.337 e. The number of aliphatic hydroxyl groups excluding tert-OH is 1. The Labute approximate surface area is 99.9 Å². The van der Waals surface area contributed by atoms with E-state index in [1.807, 2.05) is 20.8 Å². The standard InChI is InChI=1S/C13H16O4/c1-13(2,3)11(15)9-6-4-8(5-7-9)10(14)12(16)17/h4-7,10,14H,1-3H3,(H,16,17). The maximum atomic E-state index is 11.9. The van der Waals surface area contributed by atoms with Crippen LogP contribution in [0.3, 0.4) is 0 Å². The largest absolute Gasteiger partial charge is 0.479 e. The fraction of sp³-hybridized carbons (Fsp3) is 0.385. The van der Waals surface area contributed by atoms with Crippen LogP contribution in [0.5, 0.6) is 0 Å². The van der Waals surface area contributed by atoms with Gasteiger partial charge in [0.05, 0.1) is 0 Å². The van der Waals surface area contributed by atoms with Crippen molar-refractivity contribution in [3.05, 3.63) is 35.4 Å². The number of hydrogen-bond acceptors (Lipinski definition) is 3. The molecule has 0 saturated heterocycles.